The summed E-state index contributed by atoms with van der Waals surface area (Å²) < 4.78 is 10.6. The quantitative estimate of drug-likeness (QED) is 0.780. The van der Waals surface area contributed by atoms with Crippen LogP contribution < -0.4 is 10.1 Å². The first-order chi connectivity index (χ1) is 9.45. The number of ether oxygens (including phenoxy) is 2. The van der Waals surface area contributed by atoms with Gasteiger partial charge in [0.25, 0.3) is 0 Å². The van der Waals surface area contributed by atoms with E-state index in [9.17, 15) is 4.79 Å². The first kappa shape index (κ1) is 16.5. The largest absolute Gasteiger partial charge is 0.496 e. The van der Waals surface area contributed by atoms with Crippen molar-refractivity contribution in [3.05, 3.63) is 29.8 Å². The first-order valence-corrected chi connectivity index (χ1v) is 7.01. The van der Waals surface area contributed by atoms with Gasteiger partial charge in [-0.1, -0.05) is 32.0 Å². The molecule has 0 amide bonds. The Morgan fingerprint density at radius 3 is 2.55 bits per heavy atom. The lowest BCUT2D eigenvalue weighted by atomic mass is 9.90. The minimum absolute atomic E-state index is 0.287. The van der Waals surface area contributed by atoms with Gasteiger partial charge in [-0.25, -0.2) is 4.79 Å². The van der Waals surface area contributed by atoms with Gasteiger partial charge in [-0.05, 0) is 32.4 Å². The number of hydrogen-bond donors (Lipinski definition) is 1. The van der Waals surface area contributed by atoms with Gasteiger partial charge in [0.05, 0.1) is 13.7 Å². The molecule has 1 atom stereocenters. The van der Waals surface area contributed by atoms with Crippen LogP contribution in [-0.4, -0.2) is 26.2 Å². The summed E-state index contributed by atoms with van der Waals surface area (Å²) in [6.45, 7) is 8.91. The van der Waals surface area contributed by atoms with Crippen LogP contribution in [0.15, 0.2) is 24.3 Å². The third-order valence-corrected chi connectivity index (χ3v) is 3.19. The number of nitrogens with one attached hydrogen (secondary N) is 1. The summed E-state index contributed by atoms with van der Waals surface area (Å²) in [5.41, 5.74) is -0.117. The van der Waals surface area contributed by atoms with Gasteiger partial charge in [0, 0.05) is 5.56 Å². The van der Waals surface area contributed by atoms with E-state index >= 15 is 0 Å². The average molecular weight is 279 g/mol. The lowest BCUT2D eigenvalue weighted by molar-refractivity contribution is -0.151. The molecule has 1 aromatic rings. The van der Waals surface area contributed by atoms with Crippen molar-refractivity contribution in [1.29, 1.82) is 0 Å². The standard InChI is InChI=1S/C16H25NO3/c1-6-20-15(18)16(4,17-11-12(2)3)13-9-7-8-10-14(13)19-5/h7-10,12,17H,6,11H2,1-5H3. The molecule has 0 aliphatic heterocycles. The van der Waals surface area contributed by atoms with E-state index in [4.69, 9.17) is 9.47 Å². The third-order valence-electron chi connectivity index (χ3n) is 3.19. The van der Waals surface area contributed by atoms with Crippen molar-refractivity contribution in [3.8, 4) is 5.75 Å². The normalized spacial score (nSPS) is 13.9. The van der Waals surface area contributed by atoms with Crippen molar-refractivity contribution in [1.82, 2.24) is 5.32 Å². The van der Waals surface area contributed by atoms with Crippen LogP contribution in [0.4, 0.5) is 0 Å². The zero-order chi connectivity index (χ0) is 15.2. The van der Waals surface area contributed by atoms with Crippen molar-refractivity contribution in [2.45, 2.75) is 33.2 Å². The Morgan fingerprint density at radius 1 is 1.35 bits per heavy atom. The van der Waals surface area contributed by atoms with Crippen LogP contribution in [0.1, 0.15) is 33.3 Å². The molecule has 112 valence electrons. The number of hydrogen-bond acceptors (Lipinski definition) is 4. The molecular formula is C16H25NO3. The van der Waals surface area contributed by atoms with Crippen LogP contribution in [0.2, 0.25) is 0 Å². The average Bonchev–Trinajstić information content (AvgIpc) is 2.44. The zero-order valence-electron chi connectivity index (χ0n) is 13.0. The first-order valence-electron chi connectivity index (χ1n) is 7.01. The molecule has 1 rings (SSSR count). The number of carbonyl (C=O) groups excluding carboxylic acids is 1. The molecule has 1 aromatic carbocycles. The van der Waals surface area contributed by atoms with E-state index in [1.54, 1.807) is 7.11 Å². The van der Waals surface area contributed by atoms with Crippen molar-refractivity contribution in [2.24, 2.45) is 5.92 Å². The van der Waals surface area contributed by atoms with E-state index in [1.807, 2.05) is 38.1 Å². The minimum atomic E-state index is -0.910. The fourth-order valence-corrected chi connectivity index (χ4v) is 2.02. The molecule has 1 unspecified atom stereocenters. The minimum Gasteiger partial charge on any atom is -0.496 e. The number of methoxy groups -OCH3 is 1. The highest BCUT2D eigenvalue weighted by atomic mass is 16.5. The second-order valence-corrected chi connectivity index (χ2v) is 5.32. The summed E-state index contributed by atoms with van der Waals surface area (Å²) in [5.74, 6) is 0.822. The molecule has 0 aliphatic carbocycles. The Hall–Kier alpha value is -1.55. The molecule has 0 radical (unpaired) electrons. The Kier molecular flexibility index (Phi) is 6.02. The highest BCUT2D eigenvalue weighted by Crippen LogP contribution is 2.31. The molecule has 0 aliphatic rings. The van der Waals surface area contributed by atoms with Gasteiger partial charge in [0.2, 0.25) is 0 Å². The number of para-hydroxylation sites is 1. The highest BCUT2D eigenvalue weighted by molar-refractivity contribution is 5.83. The molecule has 4 nitrogen and oxygen atoms in total. The topological polar surface area (TPSA) is 47.6 Å². The van der Waals surface area contributed by atoms with E-state index in [-0.39, 0.29) is 5.97 Å². The monoisotopic (exact) mass is 279 g/mol. The highest BCUT2D eigenvalue weighted by Gasteiger charge is 2.38. The van der Waals surface area contributed by atoms with Crippen molar-refractivity contribution in [3.63, 3.8) is 0 Å². The molecule has 0 aromatic heterocycles. The van der Waals surface area contributed by atoms with Crippen LogP contribution in [0.25, 0.3) is 0 Å². The fourth-order valence-electron chi connectivity index (χ4n) is 2.02. The van der Waals surface area contributed by atoms with Crippen LogP contribution in [0.5, 0.6) is 5.75 Å². The molecular weight excluding hydrogens is 254 g/mol. The zero-order valence-corrected chi connectivity index (χ0v) is 13.0. The van der Waals surface area contributed by atoms with E-state index in [0.29, 0.717) is 24.8 Å². The molecule has 1 N–H and O–H groups in total. The van der Waals surface area contributed by atoms with Crippen molar-refractivity contribution >= 4 is 5.97 Å². The Labute approximate surface area is 121 Å². The third kappa shape index (κ3) is 3.73. The number of benzene rings is 1. The van der Waals surface area contributed by atoms with Crippen molar-refractivity contribution < 1.29 is 14.3 Å². The van der Waals surface area contributed by atoms with Crippen LogP contribution >= 0.6 is 0 Å². The predicted molar refractivity (Wildman–Crippen MR) is 79.8 cm³/mol. The summed E-state index contributed by atoms with van der Waals surface area (Å²) in [6.07, 6.45) is 0. The van der Waals surface area contributed by atoms with Gasteiger partial charge >= 0.3 is 5.97 Å². The number of esters is 1. The summed E-state index contributed by atoms with van der Waals surface area (Å²) in [6, 6.07) is 7.52. The maximum Gasteiger partial charge on any atom is 0.330 e. The molecule has 0 fully saturated rings. The maximum absolute atomic E-state index is 12.4. The summed E-state index contributed by atoms with van der Waals surface area (Å²) in [5, 5.41) is 3.32. The lowest BCUT2D eigenvalue weighted by Gasteiger charge is -2.31. The fraction of sp³-hybridized carbons (Fsp3) is 0.562. The maximum atomic E-state index is 12.4. The Morgan fingerprint density at radius 2 is 2.00 bits per heavy atom. The van der Waals surface area contributed by atoms with Gasteiger partial charge in [-0.3, -0.25) is 5.32 Å². The molecule has 20 heavy (non-hydrogen) atoms. The second-order valence-electron chi connectivity index (χ2n) is 5.32. The van der Waals surface area contributed by atoms with E-state index in [0.717, 1.165) is 5.56 Å². The molecule has 4 heteroatoms. The van der Waals surface area contributed by atoms with Crippen LogP contribution in [0, 0.1) is 5.92 Å². The van der Waals surface area contributed by atoms with Gasteiger partial charge in [0.15, 0.2) is 0 Å². The SMILES string of the molecule is CCOC(=O)C(C)(NCC(C)C)c1ccccc1OC. The van der Waals surface area contributed by atoms with Crippen molar-refractivity contribution in [2.75, 3.05) is 20.3 Å². The predicted octanol–water partition coefficient (Wildman–Crippen LogP) is 2.72. The summed E-state index contributed by atoms with van der Waals surface area (Å²) in [7, 11) is 1.60. The Balaban J connectivity index is 3.18. The second kappa shape index (κ2) is 7.29. The van der Waals surface area contributed by atoms with Gasteiger partial charge < -0.3 is 9.47 Å². The van der Waals surface area contributed by atoms with E-state index in [2.05, 4.69) is 19.2 Å². The van der Waals surface area contributed by atoms with Crippen LogP contribution in [-0.2, 0) is 15.1 Å². The van der Waals surface area contributed by atoms with E-state index < -0.39 is 5.54 Å². The molecule has 0 saturated carbocycles. The number of carbonyl (C=O) groups is 1. The molecule has 0 saturated heterocycles. The van der Waals surface area contributed by atoms with Crippen LogP contribution in [0.3, 0.4) is 0 Å². The Bertz CT molecular complexity index is 445. The molecule has 0 spiro atoms. The molecule has 0 bridgehead atoms. The van der Waals surface area contributed by atoms with E-state index in [1.165, 1.54) is 0 Å². The van der Waals surface area contributed by atoms with Gasteiger partial charge in [-0.15, -0.1) is 0 Å². The van der Waals surface area contributed by atoms with Gasteiger partial charge in [0.1, 0.15) is 11.3 Å². The lowest BCUT2D eigenvalue weighted by Crippen LogP contribution is -2.49. The smallest absolute Gasteiger partial charge is 0.330 e. The number of rotatable bonds is 7. The molecule has 0 heterocycles. The summed E-state index contributed by atoms with van der Waals surface area (Å²) in [4.78, 5) is 12.4. The van der Waals surface area contributed by atoms with Gasteiger partial charge in [-0.2, -0.15) is 0 Å². The summed E-state index contributed by atoms with van der Waals surface area (Å²) >= 11 is 0.